The van der Waals surface area contributed by atoms with Gasteiger partial charge in [-0.05, 0) is 12.8 Å². The van der Waals surface area contributed by atoms with E-state index in [1.165, 1.54) is 0 Å². The summed E-state index contributed by atoms with van der Waals surface area (Å²) < 4.78 is 1.58. The van der Waals surface area contributed by atoms with Gasteiger partial charge in [0.2, 0.25) is 0 Å². The normalized spacial score (nSPS) is 22.9. The van der Waals surface area contributed by atoms with E-state index in [-0.39, 0.29) is 12.1 Å². The molecule has 7 nitrogen and oxygen atoms in total. The second kappa shape index (κ2) is 6.40. The molecule has 1 aromatic heterocycles. The molecule has 2 atom stereocenters. The minimum Gasteiger partial charge on any atom is -0.481 e. The number of nitrogens with zero attached hydrogens (tertiary/aromatic N) is 2. The third-order valence-electron chi connectivity index (χ3n) is 3.61. The summed E-state index contributed by atoms with van der Waals surface area (Å²) in [5, 5.41) is 18.7. The lowest BCUT2D eigenvalue weighted by Gasteiger charge is -2.22. The number of urea groups is 1. The molecule has 20 heavy (non-hydrogen) atoms. The van der Waals surface area contributed by atoms with Gasteiger partial charge in [0, 0.05) is 19.3 Å². The number of carbonyl (C=O) groups excluding carboxylic acids is 1. The number of nitrogens with one attached hydrogen (secondary N) is 2. The summed E-state index contributed by atoms with van der Waals surface area (Å²) >= 11 is 0. The number of anilines is 1. The van der Waals surface area contributed by atoms with Crippen molar-refractivity contribution in [1.82, 2.24) is 15.1 Å². The lowest BCUT2D eigenvalue weighted by molar-refractivity contribution is -0.142. The number of hydrogen-bond donors (Lipinski definition) is 3. The van der Waals surface area contributed by atoms with E-state index in [4.69, 9.17) is 0 Å². The largest absolute Gasteiger partial charge is 0.481 e. The van der Waals surface area contributed by atoms with Crippen LogP contribution in [0.25, 0.3) is 0 Å². The standard InChI is InChI=1S/C13H20N4O3/c1-17-8-9(7-14-17)15-13(20)16-11-6-4-2-3-5-10(11)12(18)19/h7-8,10-11H,2-6H2,1H3,(H,18,19)(H2,15,16,20). The highest BCUT2D eigenvalue weighted by Crippen LogP contribution is 2.24. The SMILES string of the molecule is Cn1cc(NC(=O)NC2CCCCCC2C(=O)O)cn1. The van der Waals surface area contributed by atoms with Crippen LogP contribution in [0.5, 0.6) is 0 Å². The Kier molecular flexibility index (Phi) is 4.60. The van der Waals surface area contributed by atoms with Crippen molar-refractivity contribution in [2.75, 3.05) is 5.32 Å². The van der Waals surface area contributed by atoms with Crippen molar-refractivity contribution in [2.45, 2.75) is 38.1 Å². The van der Waals surface area contributed by atoms with Gasteiger partial charge in [-0.1, -0.05) is 19.3 Å². The van der Waals surface area contributed by atoms with Crippen LogP contribution < -0.4 is 10.6 Å². The maximum Gasteiger partial charge on any atom is 0.319 e. The minimum absolute atomic E-state index is 0.313. The summed E-state index contributed by atoms with van der Waals surface area (Å²) in [5.74, 6) is -1.34. The predicted octanol–water partition coefficient (Wildman–Crippen LogP) is 1.58. The Morgan fingerprint density at radius 1 is 1.35 bits per heavy atom. The van der Waals surface area contributed by atoms with Crippen molar-refractivity contribution >= 4 is 17.7 Å². The highest BCUT2D eigenvalue weighted by molar-refractivity contribution is 5.89. The Morgan fingerprint density at radius 2 is 2.10 bits per heavy atom. The molecule has 0 spiro atoms. The van der Waals surface area contributed by atoms with Crippen LogP contribution in [0.4, 0.5) is 10.5 Å². The third-order valence-corrected chi connectivity index (χ3v) is 3.61. The van der Waals surface area contributed by atoms with Crippen LogP contribution in [0.15, 0.2) is 12.4 Å². The van der Waals surface area contributed by atoms with Crippen molar-refractivity contribution in [3.8, 4) is 0 Å². The highest BCUT2D eigenvalue weighted by Gasteiger charge is 2.30. The molecule has 2 unspecified atom stereocenters. The molecule has 0 radical (unpaired) electrons. The number of aliphatic carboxylic acids is 1. The Hall–Kier alpha value is -2.05. The van der Waals surface area contributed by atoms with Gasteiger partial charge < -0.3 is 15.7 Å². The van der Waals surface area contributed by atoms with E-state index in [9.17, 15) is 14.7 Å². The number of aryl methyl sites for hydroxylation is 1. The van der Waals surface area contributed by atoms with Crippen LogP contribution in [0.2, 0.25) is 0 Å². The quantitative estimate of drug-likeness (QED) is 0.732. The van der Waals surface area contributed by atoms with E-state index in [0.717, 1.165) is 19.3 Å². The second-order valence-corrected chi connectivity index (χ2v) is 5.19. The molecule has 2 amide bonds. The Bertz CT molecular complexity index is 486. The first-order valence-corrected chi connectivity index (χ1v) is 6.85. The zero-order valence-corrected chi connectivity index (χ0v) is 11.5. The zero-order chi connectivity index (χ0) is 14.5. The molecule has 1 fully saturated rings. The van der Waals surface area contributed by atoms with Gasteiger partial charge in [0.1, 0.15) is 0 Å². The van der Waals surface area contributed by atoms with Gasteiger partial charge in [-0.3, -0.25) is 9.48 Å². The monoisotopic (exact) mass is 280 g/mol. The molecule has 1 saturated carbocycles. The smallest absolute Gasteiger partial charge is 0.319 e. The summed E-state index contributed by atoms with van der Waals surface area (Å²) in [6, 6.07) is -0.692. The first-order valence-electron chi connectivity index (χ1n) is 6.85. The molecular formula is C13H20N4O3. The summed E-state index contributed by atoms with van der Waals surface area (Å²) in [5.41, 5.74) is 0.588. The lowest BCUT2D eigenvalue weighted by atomic mass is 9.95. The average molecular weight is 280 g/mol. The summed E-state index contributed by atoms with van der Waals surface area (Å²) in [6.45, 7) is 0. The number of carbonyl (C=O) groups is 2. The predicted molar refractivity (Wildman–Crippen MR) is 73.4 cm³/mol. The first kappa shape index (κ1) is 14.4. The number of hydrogen-bond acceptors (Lipinski definition) is 3. The molecule has 1 aliphatic rings. The molecule has 1 aromatic rings. The Balaban J connectivity index is 1.95. The second-order valence-electron chi connectivity index (χ2n) is 5.19. The van der Waals surface area contributed by atoms with Gasteiger partial charge in [0.05, 0.1) is 17.8 Å². The molecule has 2 rings (SSSR count). The maximum atomic E-state index is 11.9. The molecule has 7 heteroatoms. The summed E-state index contributed by atoms with van der Waals surface area (Å²) in [6.07, 6.45) is 7.42. The number of rotatable bonds is 3. The van der Waals surface area contributed by atoms with Crippen LogP contribution in [0.1, 0.15) is 32.1 Å². The molecule has 1 heterocycles. The van der Waals surface area contributed by atoms with Gasteiger partial charge in [0.15, 0.2) is 0 Å². The topological polar surface area (TPSA) is 96.2 Å². The van der Waals surface area contributed by atoms with Gasteiger partial charge in [-0.15, -0.1) is 0 Å². The average Bonchev–Trinajstić information content (AvgIpc) is 2.64. The molecule has 0 aliphatic heterocycles. The van der Waals surface area contributed by atoms with Gasteiger partial charge in [-0.2, -0.15) is 5.10 Å². The van der Waals surface area contributed by atoms with Gasteiger partial charge >= 0.3 is 12.0 Å². The number of amides is 2. The van der Waals surface area contributed by atoms with Crippen molar-refractivity contribution in [1.29, 1.82) is 0 Å². The van der Waals surface area contributed by atoms with E-state index in [0.29, 0.717) is 18.5 Å². The van der Waals surface area contributed by atoms with Gasteiger partial charge in [-0.25, -0.2) is 4.79 Å². The molecule has 0 bridgehead atoms. The molecule has 110 valence electrons. The summed E-state index contributed by atoms with van der Waals surface area (Å²) in [7, 11) is 1.76. The molecular weight excluding hydrogens is 260 g/mol. The number of carboxylic acids is 1. The fraction of sp³-hybridized carbons (Fsp3) is 0.615. The minimum atomic E-state index is -0.835. The van der Waals surface area contributed by atoms with Crippen LogP contribution in [-0.2, 0) is 11.8 Å². The van der Waals surface area contributed by atoms with E-state index >= 15 is 0 Å². The number of aromatic nitrogens is 2. The Labute approximate surface area is 117 Å². The van der Waals surface area contributed by atoms with Crippen LogP contribution >= 0.6 is 0 Å². The highest BCUT2D eigenvalue weighted by atomic mass is 16.4. The Morgan fingerprint density at radius 3 is 2.75 bits per heavy atom. The first-order chi connectivity index (χ1) is 9.56. The molecule has 1 aliphatic carbocycles. The zero-order valence-electron chi connectivity index (χ0n) is 11.5. The van der Waals surface area contributed by atoms with E-state index in [1.54, 1.807) is 24.1 Å². The van der Waals surface area contributed by atoms with Gasteiger partial charge in [0.25, 0.3) is 0 Å². The molecule has 0 aromatic carbocycles. The lowest BCUT2D eigenvalue weighted by Crippen LogP contribution is -2.44. The van der Waals surface area contributed by atoms with Crippen molar-refractivity contribution in [3.05, 3.63) is 12.4 Å². The third kappa shape index (κ3) is 3.72. The summed E-state index contributed by atoms with van der Waals surface area (Å²) in [4.78, 5) is 23.2. The van der Waals surface area contributed by atoms with Crippen LogP contribution in [-0.4, -0.2) is 32.9 Å². The van der Waals surface area contributed by atoms with Crippen molar-refractivity contribution in [2.24, 2.45) is 13.0 Å². The van der Waals surface area contributed by atoms with Crippen LogP contribution in [0, 0.1) is 5.92 Å². The van der Waals surface area contributed by atoms with Crippen molar-refractivity contribution in [3.63, 3.8) is 0 Å². The number of carboxylic acid groups (broad SMARTS) is 1. The van der Waals surface area contributed by atoms with E-state index in [1.807, 2.05) is 0 Å². The fourth-order valence-corrected chi connectivity index (χ4v) is 2.60. The van der Waals surface area contributed by atoms with Crippen molar-refractivity contribution < 1.29 is 14.7 Å². The van der Waals surface area contributed by atoms with E-state index < -0.39 is 11.9 Å². The molecule has 0 saturated heterocycles. The fourth-order valence-electron chi connectivity index (χ4n) is 2.60. The van der Waals surface area contributed by atoms with Crippen LogP contribution in [0.3, 0.4) is 0 Å². The van der Waals surface area contributed by atoms with E-state index in [2.05, 4.69) is 15.7 Å². The maximum absolute atomic E-state index is 11.9. The molecule has 3 N–H and O–H groups in total.